The predicted molar refractivity (Wildman–Crippen MR) is 43.9 cm³/mol. The summed E-state index contributed by atoms with van der Waals surface area (Å²) >= 11 is -0.0862. The fourth-order valence-electron chi connectivity index (χ4n) is 0.653. The first-order valence-corrected chi connectivity index (χ1v) is 4.71. The minimum absolute atomic E-state index is 0.0862. The largest absolute Gasteiger partial charge is 0.343 e. The van der Waals surface area contributed by atoms with Gasteiger partial charge in [0.15, 0.2) is 5.49 Å². The second kappa shape index (κ2) is 2.02. The van der Waals surface area contributed by atoms with Crippen LogP contribution in [-0.4, -0.2) is 14.0 Å². The molecule has 4 heteroatoms. The zero-order chi connectivity index (χ0) is 6.10. The van der Waals surface area contributed by atoms with Crippen molar-refractivity contribution < 1.29 is 0 Å². The standard InChI is InChI=1S/C5H4IN3/c1-2-6-9-5-4(1)7-3-8-5/h1-3H,(H,7,8,9). The molecule has 0 atom stereocenters. The Morgan fingerprint density at radius 1 is 1.56 bits per heavy atom. The van der Waals surface area contributed by atoms with Gasteiger partial charge in [0.25, 0.3) is 0 Å². The fourth-order valence-corrected chi connectivity index (χ4v) is 1.98. The summed E-state index contributed by atoms with van der Waals surface area (Å²) in [6.07, 6.45) is 3.72. The lowest BCUT2D eigenvalue weighted by atomic mass is 10.6. The highest BCUT2D eigenvalue weighted by Gasteiger charge is 1.88. The van der Waals surface area contributed by atoms with Gasteiger partial charge >= 0.3 is 0 Å². The number of fused-ring (bicyclic) bond motifs is 1. The van der Waals surface area contributed by atoms with Crippen molar-refractivity contribution in [2.24, 2.45) is 3.21 Å². The van der Waals surface area contributed by atoms with Crippen LogP contribution in [0.2, 0.25) is 0 Å². The van der Waals surface area contributed by atoms with Gasteiger partial charge in [0.2, 0.25) is 0 Å². The molecule has 0 aliphatic carbocycles. The molecule has 2 heterocycles. The summed E-state index contributed by atoms with van der Waals surface area (Å²) in [5.41, 5.74) is 0.880. The van der Waals surface area contributed by atoms with Crippen molar-refractivity contribution in [3.05, 3.63) is 17.2 Å². The lowest BCUT2D eigenvalue weighted by molar-refractivity contribution is 1.25. The molecule has 46 valence electrons. The molecule has 1 aromatic rings. The van der Waals surface area contributed by atoms with Gasteiger partial charge in [-0.2, -0.15) is 0 Å². The van der Waals surface area contributed by atoms with Crippen molar-refractivity contribution >= 4 is 31.1 Å². The van der Waals surface area contributed by atoms with E-state index in [4.69, 9.17) is 0 Å². The molecule has 1 aromatic heterocycles. The van der Waals surface area contributed by atoms with Crippen LogP contribution in [0.1, 0.15) is 0 Å². The average molecular weight is 233 g/mol. The van der Waals surface area contributed by atoms with E-state index in [0.717, 1.165) is 10.8 Å². The number of aromatic amines is 1. The van der Waals surface area contributed by atoms with E-state index in [-0.39, 0.29) is 21.0 Å². The van der Waals surface area contributed by atoms with Crippen molar-refractivity contribution in [2.75, 3.05) is 0 Å². The van der Waals surface area contributed by atoms with Crippen LogP contribution in [0.4, 0.5) is 0 Å². The number of H-pyrrole nitrogens is 1. The highest BCUT2D eigenvalue weighted by atomic mass is 127. The Kier molecular flexibility index (Phi) is 1.18. The molecule has 0 aromatic carbocycles. The van der Waals surface area contributed by atoms with Crippen molar-refractivity contribution in [1.82, 2.24) is 9.97 Å². The molecule has 0 unspecified atom stereocenters. The summed E-state index contributed by atoms with van der Waals surface area (Å²) in [5, 5.41) is 1.04. The number of nitrogens with one attached hydrogen (secondary N) is 1. The van der Waals surface area contributed by atoms with Gasteiger partial charge < -0.3 is 4.98 Å². The lowest BCUT2D eigenvalue weighted by Crippen LogP contribution is -2.25. The van der Waals surface area contributed by atoms with Crippen LogP contribution in [0.25, 0.3) is 6.08 Å². The molecule has 0 radical (unpaired) electrons. The summed E-state index contributed by atoms with van der Waals surface area (Å²) in [6.45, 7) is 0. The second-order valence-corrected chi connectivity index (χ2v) is 3.37. The van der Waals surface area contributed by atoms with Crippen LogP contribution in [0.15, 0.2) is 9.53 Å². The number of halogens is 1. The third-order valence-electron chi connectivity index (χ3n) is 1.06. The van der Waals surface area contributed by atoms with Crippen molar-refractivity contribution in [3.8, 4) is 0 Å². The first-order chi connectivity index (χ1) is 4.47. The molecule has 1 aliphatic heterocycles. The van der Waals surface area contributed by atoms with Gasteiger partial charge in [0.1, 0.15) is 0 Å². The van der Waals surface area contributed by atoms with Gasteiger partial charge in [-0.15, -0.1) is 0 Å². The third kappa shape index (κ3) is 0.827. The molecule has 2 rings (SSSR count). The zero-order valence-corrected chi connectivity index (χ0v) is 6.66. The van der Waals surface area contributed by atoms with Gasteiger partial charge in [-0.05, 0) is 10.1 Å². The Morgan fingerprint density at radius 2 is 2.56 bits per heavy atom. The maximum Gasteiger partial charge on any atom is 0.182 e. The quantitative estimate of drug-likeness (QED) is 0.603. The maximum atomic E-state index is 4.23. The number of imidazole rings is 1. The normalized spacial score (nSPS) is 14.7. The SMILES string of the molecule is C1=IN=c2nc[nH]c2=C1. The molecule has 3 nitrogen and oxygen atoms in total. The summed E-state index contributed by atoms with van der Waals surface area (Å²) < 4.78 is 6.34. The topological polar surface area (TPSA) is 41.0 Å². The van der Waals surface area contributed by atoms with Gasteiger partial charge in [0.05, 0.1) is 11.7 Å². The highest BCUT2D eigenvalue weighted by Crippen LogP contribution is 1.93. The molecule has 1 N–H and O–H groups in total. The average Bonchev–Trinajstić information content (AvgIpc) is 2.33. The van der Waals surface area contributed by atoms with E-state index in [2.05, 4.69) is 17.2 Å². The van der Waals surface area contributed by atoms with Gasteiger partial charge in [-0.3, -0.25) is 0 Å². The first kappa shape index (κ1) is 5.28. The monoisotopic (exact) mass is 233 g/mol. The minimum Gasteiger partial charge on any atom is -0.343 e. The van der Waals surface area contributed by atoms with E-state index in [9.17, 15) is 0 Å². The Bertz CT molecular complexity index is 316. The van der Waals surface area contributed by atoms with Crippen molar-refractivity contribution in [1.29, 1.82) is 0 Å². The second-order valence-electron chi connectivity index (χ2n) is 1.61. The molecule has 0 bridgehead atoms. The van der Waals surface area contributed by atoms with Crippen LogP contribution >= 0.6 is 21.0 Å². The van der Waals surface area contributed by atoms with E-state index >= 15 is 0 Å². The number of hydrogen-bond donors (Lipinski definition) is 1. The molecule has 0 fully saturated rings. The Balaban J connectivity index is 2.99. The van der Waals surface area contributed by atoms with Gasteiger partial charge in [-0.1, -0.05) is 0 Å². The molecule has 1 aliphatic rings. The number of hydrogen-bond acceptors (Lipinski definition) is 2. The van der Waals surface area contributed by atoms with Crippen molar-refractivity contribution in [3.63, 3.8) is 0 Å². The molecular weight excluding hydrogens is 229 g/mol. The van der Waals surface area contributed by atoms with E-state index in [1.165, 1.54) is 0 Å². The van der Waals surface area contributed by atoms with E-state index in [0.29, 0.717) is 0 Å². The Morgan fingerprint density at radius 3 is 3.44 bits per heavy atom. The zero-order valence-electron chi connectivity index (χ0n) is 4.50. The minimum atomic E-state index is -0.0862. The van der Waals surface area contributed by atoms with E-state index in [1.807, 2.05) is 6.08 Å². The van der Waals surface area contributed by atoms with Crippen LogP contribution < -0.4 is 10.8 Å². The highest BCUT2D eigenvalue weighted by molar-refractivity contribution is 14.2. The molecule has 0 saturated heterocycles. The molecule has 0 saturated carbocycles. The number of aromatic nitrogens is 2. The smallest absolute Gasteiger partial charge is 0.182 e. The van der Waals surface area contributed by atoms with Crippen LogP contribution in [-0.2, 0) is 0 Å². The fraction of sp³-hybridized carbons (Fsp3) is 0. The molecular formula is C5H4IN3. The molecule has 0 spiro atoms. The predicted octanol–water partition coefficient (Wildman–Crippen LogP) is -0.489. The number of nitrogens with zero attached hydrogens (tertiary/aromatic N) is 2. The molecule has 9 heavy (non-hydrogen) atoms. The Labute approximate surface area is 61.6 Å². The maximum absolute atomic E-state index is 4.23. The van der Waals surface area contributed by atoms with E-state index in [1.54, 1.807) is 6.33 Å². The lowest BCUT2D eigenvalue weighted by Gasteiger charge is -1.79. The summed E-state index contributed by atoms with van der Waals surface area (Å²) in [4.78, 5) is 6.99. The van der Waals surface area contributed by atoms with Gasteiger partial charge in [-0.25, -0.2) is 8.19 Å². The third-order valence-corrected chi connectivity index (χ3v) is 2.48. The van der Waals surface area contributed by atoms with Crippen molar-refractivity contribution in [2.45, 2.75) is 0 Å². The Hall–Kier alpha value is -0.520. The van der Waals surface area contributed by atoms with Crippen LogP contribution in [0.3, 0.4) is 0 Å². The van der Waals surface area contributed by atoms with E-state index < -0.39 is 0 Å². The van der Waals surface area contributed by atoms with Gasteiger partial charge in [0, 0.05) is 21.0 Å². The summed E-state index contributed by atoms with van der Waals surface area (Å²) in [6, 6.07) is 0. The first-order valence-electron chi connectivity index (χ1n) is 2.50. The summed E-state index contributed by atoms with van der Waals surface area (Å²) in [7, 11) is 0. The molecule has 0 amide bonds. The van der Waals surface area contributed by atoms with Crippen LogP contribution in [0, 0.1) is 0 Å². The number of rotatable bonds is 0. The van der Waals surface area contributed by atoms with Crippen LogP contribution in [0.5, 0.6) is 0 Å². The summed E-state index contributed by atoms with van der Waals surface area (Å²) in [5.74, 6) is 0.